The zero-order chi connectivity index (χ0) is 17.7. The van der Waals surface area contributed by atoms with E-state index >= 15 is 0 Å². The smallest absolute Gasteiger partial charge is 0.221 e. The summed E-state index contributed by atoms with van der Waals surface area (Å²) in [5, 5.41) is 2.91. The van der Waals surface area contributed by atoms with E-state index < -0.39 is 0 Å². The molecule has 0 heterocycles. The number of carbonyl (C=O) groups is 1. The number of amides is 1. The fourth-order valence-corrected chi connectivity index (χ4v) is 2.82. The van der Waals surface area contributed by atoms with Crippen LogP contribution in [-0.4, -0.2) is 19.0 Å². The Balaban J connectivity index is 3.11. The molecule has 3 N–H and O–H groups in total. The minimum absolute atomic E-state index is 0.0882. The number of nitrogens with two attached hydrogens (primary N) is 1. The molecule has 0 saturated carbocycles. The predicted molar refractivity (Wildman–Crippen MR) is 106 cm³/mol. The molecule has 3 nitrogen and oxygen atoms in total. The molecule has 0 atom stereocenters. The molecule has 0 aliphatic carbocycles. The van der Waals surface area contributed by atoms with E-state index in [0.29, 0.717) is 13.0 Å². The van der Waals surface area contributed by atoms with E-state index in [9.17, 15) is 4.79 Å². The largest absolute Gasteiger partial charge is 0.356 e. The Morgan fingerprint density at radius 1 is 0.792 bits per heavy atom. The minimum Gasteiger partial charge on any atom is -0.356 e. The first-order valence-electron chi connectivity index (χ1n) is 10.4. The second-order valence-corrected chi connectivity index (χ2v) is 6.83. The van der Waals surface area contributed by atoms with E-state index in [1.54, 1.807) is 0 Å². The zero-order valence-corrected chi connectivity index (χ0v) is 16.2. The summed E-state index contributed by atoms with van der Waals surface area (Å²) in [7, 11) is 0. The van der Waals surface area contributed by atoms with E-state index in [1.807, 2.05) is 0 Å². The van der Waals surface area contributed by atoms with Gasteiger partial charge < -0.3 is 11.1 Å². The molecule has 0 unspecified atom stereocenters. The van der Waals surface area contributed by atoms with Crippen LogP contribution in [0.3, 0.4) is 0 Å². The number of rotatable bonds is 18. The SMILES string of the molecule is CCCCCCCC/C=C\CCCCCCCCNC(=O)CCN. The summed E-state index contributed by atoms with van der Waals surface area (Å²) in [6, 6.07) is 0. The maximum atomic E-state index is 11.2. The van der Waals surface area contributed by atoms with Gasteiger partial charge in [0, 0.05) is 19.5 Å². The van der Waals surface area contributed by atoms with E-state index in [1.165, 1.54) is 83.5 Å². The van der Waals surface area contributed by atoms with Gasteiger partial charge in [0.2, 0.25) is 5.91 Å². The summed E-state index contributed by atoms with van der Waals surface area (Å²) in [5.74, 6) is 0.0882. The van der Waals surface area contributed by atoms with E-state index in [-0.39, 0.29) is 5.91 Å². The van der Waals surface area contributed by atoms with E-state index in [0.717, 1.165) is 13.0 Å². The fourth-order valence-electron chi connectivity index (χ4n) is 2.82. The van der Waals surface area contributed by atoms with Crippen molar-refractivity contribution in [1.29, 1.82) is 0 Å². The van der Waals surface area contributed by atoms with Gasteiger partial charge in [-0.2, -0.15) is 0 Å². The Kier molecular flexibility index (Phi) is 19.5. The normalized spacial score (nSPS) is 11.2. The van der Waals surface area contributed by atoms with Crippen LogP contribution >= 0.6 is 0 Å². The van der Waals surface area contributed by atoms with Crippen LogP contribution in [0.2, 0.25) is 0 Å². The summed E-state index contributed by atoms with van der Waals surface area (Å²) in [5.41, 5.74) is 5.33. The van der Waals surface area contributed by atoms with Crippen molar-refractivity contribution in [3.8, 4) is 0 Å². The Bertz CT molecular complexity index is 290. The highest BCUT2D eigenvalue weighted by atomic mass is 16.1. The maximum absolute atomic E-state index is 11.2. The molecule has 0 spiro atoms. The highest BCUT2D eigenvalue weighted by molar-refractivity contribution is 5.75. The van der Waals surface area contributed by atoms with Gasteiger partial charge in [-0.3, -0.25) is 4.79 Å². The average molecular weight is 339 g/mol. The third kappa shape index (κ3) is 19.2. The second-order valence-electron chi connectivity index (χ2n) is 6.83. The Morgan fingerprint density at radius 2 is 1.29 bits per heavy atom. The van der Waals surface area contributed by atoms with Crippen LogP contribution in [0.15, 0.2) is 12.2 Å². The van der Waals surface area contributed by atoms with Crippen molar-refractivity contribution in [1.82, 2.24) is 5.32 Å². The average Bonchev–Trinajstić information content (AvgIpc) is 2.58. The molecular formula is C21H42N2O. The van der Waals surface area contributed by atoms with Gasteiger partial charge in [0.15, 0.2) is 0 Å². The first kappa shape index (κ1) is 23.2. The van der Waals surface area contributed by atoms with Gasteiger partial charge >= 0.3 is 0 Å². The van der Waals surface area contributed by atoms with Crippen molar-refractivity contribution in [2.75, 3.05) is 13.1 Å². The second kappa shape index (κ2) is 20.2. The minimum atomic E-state index is 0.0882. The molecule has 0 saturated heterocycles. The molecule has 0 aliphatic rings. The summed E-state index contributed by atoms with van der Waals surface area (Å²) < 4.78 is 0. The van der Waals surface area contributed by atoms with Crippen LogP contribution in [0.4, 0.5) is 0 Å². The summed E-state index contributed by atoms with van der Waals surface area (Å²) >= 11 is 0. The summed E-state index contributed by atoms with van der Waals surface area (Å²) in [6.07, 6.45) is 23.6. The van der Waals surface area contributed by atoms with Gasteiger partial charge in [-0.25, -0.2) is 0 Å². The van der Waals surface area contributed by atoms with Gasteiger partial charge in [-0.05, 0) is 32.1 Å². The van der Waals surface area contributed by atoms with Crippen LogP contribution in [0.5, 0.6) is 0 Å². The molecule has 3 heteroatoms. The predicted octanol–water partition coefficient (Wildman–Crippen LogP) is 5.49. The summed E-state index contributed by atoms with van der Waals surface area (Å²) in [4.78, 5) is 11.2. The number of carbonyl (C=O) groups excluding carboxylic acids is 1. The van der Waals surface area contributed by atoms with Crippen molar-refractivity contribution < 1.29 is 4.79 Å². The van der Waals surface area contributed by atoms with Crippen molar-refractivity contribution in [2.45, 2.75) is 103 Å². The van der Waals surface area contributed by atoms with Crippen LogP contribution in [0, 0.1) is 0 Å². The standard InChI is InChI=1S/C21H42N2O/c1-2-3-4-5-6-7-8-9-10-11-12-13-14-15-16-17-20-23-21(24)18-19-22/h9-10H,2-8,11-20,22H2,1H3,(H,23,24)/b10-9-. The van der Waals surface area contributed by atoms with Crippen molar-refractivity contribution in [3.05, 3.63) is 12.2 Å². The van der Waals surface area contributed by atoms with E-state index in [2.05, 4.69) is 24.4 Å². The molecule has 0 bridgehead atoms. The lowest BCUT2D eigenvalue weighted by Crippen LogP contribution is -2.26. The molecular weight excluding hydrogens is 296 g/mol. The van der Waals surface area contributed by atoms with Crippen LogP contribution < -0.4 is 11.1 Å². The molecule has 0 aromatic heterocycles. The van der Waals surface area contributed by atoms with Crippen molar-refractivity contribution >= 4 is 5.91 Å². The Hall–Kier alpha value is -0.830. The first-order chi connectivity index (χ1) is 11.8. The van der Waals surface area contributed by atoms with Gasteiger partial charge in [-0.1, -0.05) is 76.9 Å². The van der Waals surface area contributed by atoms with Gasteiger partial charge in [0.25, 0.3) is 0 Å². The number of nitrogens with one attached hydrogen (secondary N) is 1. The van der Waals surface area contributed by atoms with Crippen LogP contribution in [0.25, 0.3) is 0 Å². The lowest BCUT2D eigenvalue weighted by molar-refractivity contribution is -0.120. The number of hydrogen-bond acceptors (Lipinski definition) is 2. The first-order valence-corrected chi connectivity index (χ1v) is 10.4. The Labute approximate surface area is 150 Å². The monoisotopic (exact) mass is 338 g/mol. The number of allylic oxidation sites excluding steroid dienone is 2. The lowest BCUT2D eigenvalue weighted by atomic mass is 10.1. The van der Waals surface area contributed by atoms with E-state index in [4.69, 9.17) is 5.73 Å². The molecule has 0 aromatic rings. The molecule has 0 rings (SSSR count). The van der Waals surface area contributed by atoms with Gasteiger partial charge in [0.05, 0.1) is 0 Å². The van der Waals surface area contributed by atoms with Gasteiger partial charge in [0.1, 0.15) is 0 Å². The molecule has 142 valence electrons. The highest BCUT2D eigenvalue weighted by Crippen LogP contribution is 2.09. The maximum Gasteiger partial charge on any atom is 0.221 e. The molecule has 0 aromatic carbocycles. The summed E-state index contributed by atoms with van der Waals surface area (Å²) in [6.45, 7) is 3.52. The third-order valence-corrected chi connectivity index (χ3v) is 4.38. The molecule has 0 fully saturated rings. The number of unbranched alkanes of at least 4 members (excludes halogenated alkanes) is 12. The lowest BCUT2D eigenvalue weighted by Gasteiger charge is -2.04. The van der Waals surface area contributed by atoms with Crippen LogP contribution in [0.1, 0.15) is 103 Å². The topological polar surface area (TPSA) is 55.1 Å². The molecule has 1 amide bonds. The highest BCUT2D eigenvalue weighted by Gasteiger charge is 1.97. The third-order valence-electron chi connectivity index (χ3n) is 4.38. The fraction of sp³-hybridized carbons (Fsp3) is 0.857. The van der Waals surface area contributed by atoms with Crippen LogP contribution in [-0.2, 0) is 4.79 Å². The quantitative estimate of drug-likeness (QED) is 0.256. The Morgan fingerprint density at radius 3 is 1.83 bits per heavy atom. The van der Waals surface area contributed by atoms with Crippen molar-refractivity contribution in [2.24, 2.45) is 5.73 Å². The van der Waals surface area contributed by atoms with Crippen molar-refractivity contribution in [3.63, 3.8) is 0 Å². The molecule has 24 heavy (non-hydrogen) atoms. The number of hydrogen-bond donors (Lipinski definition) is 2. The van der Waals surface area contributed by atoms with Gasteiger partial charge in [-0.15, -0.1) is 0 Å². The molecule has 0 radical (unpaired) electrons. The molecule has 0 aliphatic heterocycles. The zero-order valence-electron chi connectivity index (χ0n) is 16.2.